The molecule has 3 aromatic rings. The third kappa shape index (κ3) is 6.41. The smallest absolute Gasteiger partial charge is 0.347 e. The van der Waals surface area contributed by atoms with Crippen LogP contribution in [0.4, 0.5) is 23.7 Å². The van der Waals surface area contributed by atoms with E-state index in [9.17, 15) is 27.6 Å². The molecule has 4 amide bonds. The standard InChI is InChI=1S/C25H20ClF3N4O3S/c1-15-23(35)33(19-6-8-20(9-7-19)37-25(27,28)29)24(36)32(15)14-17-10-11-30-21(12-17)22(34)31-13-16-2-4-18(26)5-3-16/h2-12,15H,13-14H2,1H3,(H,31,34). The van der Waals surface area contributed by atoms with E-state index >= 15 is 0 Å². The Morgan fingerprint density at radius 3 is 2.38 bits per heavy atom. The van der Waals surface area contributed by atoms with E-state index in [2.05, 4.69) is 10.3 Å². The molecule has 0 spiro atoms. The molecule has 1 aromatic heterocycles. The van der Waals surface area contributed by atoms with Crippen LogP contribution in [0.5, 0.6) is 0 Å². The fourth-order valence-electron chi connectivity index (χ4n) is 3.72. The molecule has 12 heteroatoms. The van der Waals surface area contributed by atoms with Crippen molar-refractivity contribution in [2.45, 2.75) is 36.5 Å². The van der Waals surface area contributed by atoms with Gasteiger partial charge in [-0.2, -0.15) is 13.2 Å². The summed E-state index contributed by atoms with van der Waals surface area (Å²) >= 11 is 5.59. The second-order valence-corrected chi connectivity index (χ2v) is 9.74. The molecule has 7 nitrogen and oxygen atoms in total. The van der Waals surface area contributed by atoms with Gasteiger partial charge in [-0.1, -0.05) is 23.7 Å². The highest BCUT2D eigenvalue weighted by molar-refractivity contribution is 8.00. The number of anilines is 1. The first-order valence-corrected chi connectivity index (χ1v) is 12.2. The molecule has 0 saturated carbocycles. The first-order valence-electron chi connectivity index (χ1n) is 11.0. The van der Waals surface area contributed by atoms with E-state index in [4.69, 9.17) is 11.6 Å². The maximum atomic E-state index is 13.1. The average molecular weight is 549 g/mol. The fraction of sp³-hybridized carbons (Fsp3) is 0.200. The summed E-state index contributed by atoms with van der Waals surface area (Å²) in [4.78, 5) is 44.8. The number of nitrogens with zero attached hydrogens (tertiary/aromatic N) is 3. The van der Waals surface area contributed by atoms with Crippen LogP contribution in [0.25, 0.3) is 0 Å². The zero-order valence-corrected chi connectivity index (χ0v) is 20.9. The number of alkyl halides is 3. The molecule has 1 saturated heterocycles. The summed E-state index contributed by atoms with van der Waals surface area (Å²) in [5.41, 5.74) is -2.69. The van der Waals surface area contributed by atoms with Crippen molar-refractivity contribution in [2.24, 2.45) is 0 Å². The van der Waals surface area contributed by atoms with Crippen molar-refractivity contribution in [3.8, 4) is 0 Å². The van der Waals surface area contributed by atoms with Crippen molar-refractivity contribution in [1.29, 1.82) is 0 Å². The molecule has 2 heterocycles. The van der Waals surface area contributed by atoms with E-state index in [1.807, 2.05) is 0 Å². The monoisotopic (exact) mass is 548 g/mol. The maximum Gasteiger partial charge on any atom is 0.446 e. The number of nitrogens with one attached hydrogen (secondary N) is 1. The van der Waals surface area contributed by atoms with E-state index in [1.165, 1.54) is 41.4 Å². The summed E-state index contributed by atoms with van der Waals surface area (Å²) in [5, 5.41) is 3.36. The zero-order chi connectivity index (χ0) is 26.7. The minimum absolute atomic E-state index is 0.0320. The van der Waals surface area contributed by atoms with Gasteiger partial charge in [0, 0.05) is 29.2 Å². The van der Waals surface area contributed by atoms with Crippen molar-refractivity contribution in [2.75, 3.05) is 4.90 Å². The Hall–Kier alpha value is -3.57. The molecular formula is C25H20ClF3N4O3S. The number of urea groups is 1. The fourth-order valence-corrected chi connectivity index (χ4v) is 4.38. The number of halogens is 4. The lowest BCUT2D eigenvalue weighted by Crippen LogP contribution is -2.33. The molecule has 1 unspecified atom stereocenters. The molecule has 2 aromatic carbocycles. The SMILES string of the molecule is CC1C(=O)N(c2ccc(SC(F)(F)F)cc2)C(=O)N1Cc1ccnc(C(=O)NCc2ccc(Cl)cc2)c1. The first-order chi connectivity index (χ1) is 17.5. The Morgan fingerprint density at radius 1 is 1.05 bits per heavy atom. The van der Waals surface area contributed by atoms with Gasteiger partial charge < -0.3 is 10.2 Å². The molecule has 4 rings (SSSR count). The number of aromatic nitrogens is 1. The Kier molecular flexibility index (Phi) is 7.74. The largest absolute Gasteiger partial charge is 0.446 e. The lowest BCUT2D eigenvalue weighted by atomic mass is 10.2. The van der Waals surface area contributed by atoms with Crippen LogP contribution in [0.1, 0.15) is 28.5 Å². The van der Waals surface area contributed by atoms with E-state index < -0.39 is 29.4 Å². The average Bonchev–Trinajstić information content (AvgIpc) is 3.06. The quantitative estimate of drug-likeness (QED) is 0.305. The van der Waals surface area contributed by atoms with Gasteiger partial charge in [0.1, 0.15) is 11.7 Å². The minimum atomic E-state index is -4.44. The maximum absolute atomic E-state index is 13.1. The van der Waals surface area contributed by atoms with Crippen molar-refractivity contribution < 1.29 is 27.6 Å². The molecule has 37 heavy (non-hydrogen) atoms. The molecule has 0 radical (unpaired) electrons. The summed E-state index contributed by atoms with van der Waals surface area (Å²) in [5.74, 6) is -0.914. The van der Waals surface area contributed by atoms with Gasteiger partial charge in [-0.3, -0.25) is 14.6 Å². The van der Waals surface area contributed by atoms with E-state index in [0.717, 1.165) is 10.5 Å². The molecular weight excluding hydrogens is 529 g/mol. The van der Waals surface area contributed by atoms with Crippen LogP contribution < -0.4 is 10.2 Å². The van der Waals surface area contributed by atoms with Gasteiger partial charge in [0.15, 0.2) is 0 Å². The van der Waals surface area contributed by atoms with Crippen molar-refractivity contribution in [3.05, 3.63) is 88.7 Å². The normalized spacial score (nSPS) is 15.9. The second-order valence-electron chi connectivity index (χ2n) is 8.16. The predicted octanol–water partition coefficient (Wildman–Crippen LogP) is 5.63. The molecule has 1 N–H and O–H groups in total. The summed E-state index contributed by atoms with van der Waals surface area (Å²) < 4.78 is 37.8. The highest BCUT2D eigenvalue weighted by atomic mass is 35.5. The van der Waals surface area contributed by atoms with Crippen LogP contribution in [0.2, 0.25) is 5.02 Å². The van der Waals surface area contributed by atoms with Gasteiger partial charge in [0.25, 0.3) is 11.8 Å². The van der Waals surface area contributed by atoms with Gasteiger partial charge in [-0.15, -0.1) is 0 Å². The first kappa shape index (κ1) is 26.5. The molecule has 1 fully saturated rings. The minimum Gasteiger partial charge on any atom is -0.347 e. The topological polar surface area (TPSA) is 82.6 Å². The molecule has 192 valence electrons. The van der Waals surface area contributed by atoms with Gasteiger partial charge in [-0.25, -0.2) is 9.69 Å². The van der Waals surface area contributed by atoms with Crippen LogP contribution in [-0.4, -0.2) is 39.3 Å². The van der Waals surface area contributed by atoms with Gasteiger partial charge in [0.05, 0.1) is 5.69 Å². The van der Waals surface area contributed by atoms with Gasteiger partial charge >= 0.3 is 11.5 Å². The summed E-state index contributed by atoms with van der Waals surface area (Å²) in [6.07, 6.45) is 1.44. The zero-order valence-electron chi connectivity index (χ0n) is 19.3. The third-order valence-corrected chi connectivity index (χ3v) is 6.58. The number of pyridine rings is 1. The number of amides is 4. The number of carbonyl (C=O) groups is 3. The number of hydrogen-bond acceptors (Lipinski definition) is 5. The van der Waals surface area contributed by atoms with E-state index in [0.29, 0.717) is 10.6 Å². The second kappa shape index (κ2) is 10.8. The Bertz CT molecular complexity index is 1320. The van der Waals surface area contributed by atoms with Crippen molar-refractivity contribution in [1.82, 2.24) is 15.2 Å². The van der Waals surface area contributed by atoms with Gasteiger partial charge in [-0.05, 0) is 78.3 Å². The molecule has 1 aliphatic rings. The molecule has 1 aliphatic heterocycles. The number of imide groups is 1. The van der Waals surface area contributed by atoms with Crippen LogP contribution in [0.15, 0.2) is 71.8 Å². The number of carbonyl (C=O) groups excluding carboxylic acids is 3. The predicted molar refractivity (Wildman–Crippen MR) is 133 cm³/mol. The van der Waals surface area contributed by atoms with Crippen LogP contribution in [-0.2, 0) is 17.9 Å². The lowest BCUT2D eigenvalue weighted by molar-refractivity contribution is -0.119. The summed E-state index contributed by atoms with van der Waals surface area (Å²) in [6.45, 7) is 1.87. The molecule has 0 bridgehead atoms. The summed E-state index contributed by atoms with van der Waals surface area (Å²) in [7, 11) is 0. The lowest BCUT2D eigenvalue weighted by Gasteiger charge is -2.19. The Morgan fingerprint density at radius 2 is 1.73 bits per heavy atom. The van der Waals surface area contributed by atoms with Crippen LogP contribution in [0, 0.1) is 0 Å². The molecule has 0 aliphatic carbocycles. The van der Waals surface area contributed by atoms with Crippen molar-refractivity contribution in [3.63, 3.8) is 0 Å². The summed E-state index contributed by atoms with van der Waals surface area (Å²) in [6, 6.07) is 13.8. The highest BCUT2D eigenvalue weighted by Crippen LogP contribution is 2.38. The van der Waals surface area contributed by atoms with Crippen LogP contribution >= 0.6 is 23.4 Å². The van der Waals surface area contributed by atoms with E-state index in [-0.39, 0.29) is 41.1 Å². The van der Waals surface area contributed by atoms with E-state index in [1.54, 1.807) is 37.3 Å². The van der Waals surface area contributed by atoms with Gasteiger partial charge in [0.2, 0.25) is 0 Å². The third-order valence-electron chi connectivity index (χ3n) is 5.59. The van der Waals surface area contributed by atoms with Crippen LogP contribution in [0.3, 0.4) is 0 Å². The number of benzene rings is 2. The van der Waals surface area contributed by atoms with Crippen molar-refractivity contribution >= 4 is 46.9 Å². The number of rotatable bonds is 7. The Labute approximate surface area is 219 Å². The highest BCUT2D eigenvalue weighted by Gasteiger charge is 2.43. The number of thioether (sulfide) groups is 1. The molecule has 1 atom stereocenters. The number of hydrogen-bond donors (Lipinski definition) is 1. The Balaban J connectivity index is 1.44.